The van der Waals surface area contributed by atoms with Gasteiger partial charge in [-0.2, -0.15) is 0 Å². The van der Waals surface area contributed by atoms with E-state index in [1.165, 1.54) is 0 Å². The van der Waals surface area contributed by atoms with Gasteiger partial charge >= 0.3 is 0 Å². The molecule has 0 amide bonds. The van der Waals surface area contributed by atoms with Crippen molar-refractivity contribution in [3.63, 3.8) is 0 Å². The number of hydrogen-bond acceptors (Lipinski definition) is 1. The first-order chi connectivity index (χ1) is 6.38. The monoisotopic (exact) mass is 170 g/mol. The number of Topliss-reactive ketones (excluding diaryl/α,β-unsaturated/α-hetero) is 1. The van der Waals surface area contributed by atoms with Crippen LogP contribution in [0, 0.1) is 5.92 Å². The van der Waals surface area contributed by atoms with E-state index in [0.29, 0.717) is 0 Å². The molecule has 0 saturated heterocycles. The molecule has 1 aliphatic carbocycles. The molecule has 1 heteroatoms. The first-order valence-corrected chi connectivity index (χ1v) is 4.32. The van der Waals surface area contributed by atoms with E-state index in [9.17, 15) is 4.79 Å². The molecular formula is C12H10O. The predicted molar refractivity (Wildman–Crippen MR) is 52.5 cm³/mol. The van der Waals surface area contributed by atoms with Gasteiger partial charge in [-0.15, -0.1) is 0 Å². The third-order valence-corrected chi connectivity index (χ3v) is 2.11. The molecule has 0 fully saturated rings. The lowest BCUT2D eigenvalue weighted by Crippen LogP contribution is -2.08. The summed E-state index contributed by atoms with van der Waals surface area (Å²) < 4.78 is 0. The van der Waals surface area contributed by atoms with Gasteiger partial charge in [0.2, 0.25) is 0 Å². The number of carbonyl (C=O) groups excluding carboxylic acids is 1. The Labute approximate surface area is 77.4 Å². The number of allylic oxidation sites excluding steroid dienone is 4. The number of rotatable bonds is 2. The van der Waals surface area contributed by atoms with E-state index < -0.39 is 0 Å². The lowest BCUT2D eigenvalue weighted by atomic mass is 9.99. The summed E-state index contributed by atoms with van der Waals surface area (Å²) in [5.74, 6) is 0.119. The number of hydrogen-bond donors (Lipinski definition) is 0. The van der Waals surface area contributed by atoms with Crippen molar-refractivity contribution in [2.24, 2.45) is 5.92 Å². The molecule has 0 atom stereocenters. The molecule has 0 bridgehead atoms. The average molecular weight is 170 g/mol. The molecule has 2 rings (SSSR count). The topological polar surface area (TPSA) is 17.1 Å². The highest BCUT2D eigenvalue weighted by molar-refractivity contribution is 6.00. The number of carbonyl (C=O) groups is 1. The summed E-state index contributed by atoms with van der Waals surface area (Å²) in [5, 5.41) is 0. The zero-order chi connectivity index (χ0) is 9.10. The molecular weight excluding hydrogens is 160 g/mol. The average Bonchev–Trinajstić information content (AvgIpc) is 2.71. The van der Waals surface area contributed by atoms with Crippen LogP contribution in [0.4, 0.5) is 0 Å². The van der Waals surface area contributed by atoms with Crippen molar-refractivity contribution in [2.45, 2.75) is 0 Å². The fourth-order valence-corrected chi connectivity index (χ4v) is 1.40. The van der Waals surface area contributed by atoms with Gasteiger partial charge in [0.05, 0.1) is 5.92 Å². The second kappa shape index (κ2) is 3.40. The van der Waals surface area contributed by atoms with Gasteiger partial charge in [0.25, 0.3) is 0 Å². The highest BCUT2D eigenvalue weighted by Crippen LogP contribution is 2.15. The largest absolute Gasteiger partial charge is 0.293 e. The summed E-state index contributed by atoms with van der Waals surface area (Å²) in [4.78, 5) is 11.7. The molecule has 0 aromatic heterocycles. The van der Waals surface area contributed by atoms with E-state index >= 15 is 0 Å². The Morgan fingerprint density at radius 2 is 1.62 bits per heavy atom. The Morgan fingerprint density at radius 3 is 2.23 bits per heavy atom. The molecule has 1 aromatic carbocycles. The normalized spacial score (nSPS) is 15.1. The fraction of sp³-hybridized carbons (Fsp3) is 0.0833. The molecule has 1 nitrogen and oxygen atoms in total. The van der Waals surface area contributed by atoms with Gasteiger partial charge in [0.1, 0.15) is 0 Å². The number of ketones is 1. The summed E-state index contributed by atoms with van der Waals surface area (Å²) >= 11 is 0. The van der Waals surface area contributed by atoms with Crippen LogP contribution in [0.1, 0.15) is 10.4 Å². The van der Waals surface area contributed by atoms with Crippen LogP contribution in [-0.2, 0) is 0 Å². The summed E-state index contributed by atoms with van der Waals surface area (Å²) in [6.45, 7) is 0. The zero-order valence-corrected chi connectivity index (χ0v) is 7.18. The SMILES string of the molecule is O=C(c1ccccc1)C1C=CC=C1. The molecule has 0 saturated carbocycles. The highest BCUT2D eigenvalue weighted by atomic mass is 16.1. The van der Waals surface area contributed by atoms with Crippen molar-refractivity contribution in [2.75, 3.05) is 0 Å². The van der Waals surface area contributed by atoms with E-state index in [0.717, 1.165) is 5.56 Å². The zero-order valence-electron chi connectivity index (χ0n) is 7.18. The van der Waals surface area contributed by atoms with Gasteiger partial charge < -0.3 is 0 Å². The third kappa shape index (κ3) is 1.59. The van der Waals surface area contributed by atoms with E-state index in [1.807, 2.05) is 54.6 Å². The van der Waals surface area contributed by atoms with Crippen LogP contribution in [0.25, 0.3) is 0 Å². The van der Waals surface area contributed by atoms with Gasteiger partial charge in [0, 0.05) is 5.56 Å². The van der Waals surface area contributed by atoms with Crippen LogP contribution in [0.2, 0.25) is 0 Å². The lowest BCUT2D eigenvalue weighted by Gasteiger charge is -2.03. The van der Waals surface area contributed by atoms with Crippen molar-refractivity contribution >= 4 is 5.78 Å². The van der Waals surface area contributed by atoms with Crippen molar-refractivity contribution in [1.82, 2.24) is 0 Å². The predicted octanol–water partition coefficient (Wildman–Crippen LogP) is 2.61. The minimum absolute atomic E-state index is 0.0533. The summed E-state index contributed by atoms with van der Waals surface area (Å²) in [7, 11) is 0. The maximum atomic E-state index is 11.7. The van der Waals surface area contributed by atoms with E-state index in [4.69, 9.17) is 0 Å². The van der Waals surface area contributed by atoms with Crippen LogP contribution in [0.5, 0.6) is 0 Å². The number of benzene rings is 1. The van der Waals surface area contributed by atoms with Crippen LogP contribution < -0.4 is 0 Å². The second-order valence-corrected chi connectivity index (χ2v) is 3.03. The third-order valence-electron chi connectivity index (χ3n) is 2.11. The van der Waals surface area contributed by atoms with E-state index in [-0.39, 0.29) is 11.7 Å². The molecule has 0 heterocycles. The van der Waals surface area contributed by atoms with E-state index in [2.05, 4.69) is 0 Å². The highest BCUT2D eigenvalue weighted by Gasteiger charge is 2.15. The Kier molecular flexibility index (Phi) is 2.09. The Balaban J connectivity index is 2.23. The van der Waals surface area contributed by atoms with Gasteiger partial charge in [0.15, 0.2) is 5.78 Å². The Morgan fingerprint density at radius 1 is 1.00 bits per heavy atom. The molecule has 1 aliphatic rings. The molecule has 0 spiro atoms. The van der Waals surface area contributed by atoms with Crippen molar-refractivity contribution in [1.29, 1.82) is 0 Å². The van der Waals surface area contributed by atoms with Crippen LogP contribution in [0.3, 0.4) is 0 Å². The Hall–Kier alpha value is -1.63. The molecule has 64 valence electrons. The van der Waals surface area contributed by atoms with Gasteiger partial charge in [-0.25, -0.2) is 0 Å². The van der Waals surface area contributed by atoms with Crippen LogP contribution in [-0.4, -0.2) is 5.78 Å². The summed E-state index contributed by atoms with van der Waals surface area (Å²) in [6, 6.07) is 9.38. The summed E-state index contributed by atoms with van der Waals surface area (Å²) in [5.41, 5.74) is 0.781. The Bertz CT molecular complexity index is 348. The van der Waals surface area contributed by atoms with Gasteiger partial charge in [-0.05, 0) is 0 Å². The summed E-state index contributed by atoms with van der Waals surface area (Å²) in [6.07, 6.45) is 7.64. The second-order valence-electron chi connectivity index (χ2n) is 3.03. The lowest BCUT2D eigenvalue weighted by molar-refractivity contribution is 0.0966. The maximum absolute atomic E-state index is 11.7. The minimum Gasteiger partial charge on any atom is -0.293 e. The van der Waals surface area contributed by atoms with E-state index in [1.54, 1.807) is 0 Å². The molecule has 0 radical (unpaired) electrons. The quantitative estimate of drug-likeness (QED) is 0.623. The molecule has 1 aromatic rings. The standard InChI is InChI=1S/C12H10O/c13-12(11-8-4-5-9-11)10-6-2-1-3-7-10/h1-9,11H. The first kappa shape index (κ1) is 7.99. The van der Waals surface area contributed by atoms with Crippen molar-refractivity contribution in [3.8, 4) is 0 Å². The van der Waals surface area contributed by atoms with Crippen molar-refractivity contribution < 1.29 is 4.79 Å². The molecule has 0 unspecified atom stereocenters. The molecule has 0 N–H and O–H groups in total. The minimum atomic E-state index is -0.0533. The smallest absolute Gasteiger partial charge is 0.173 e. The van der Waals surface area contributed by atoms with Gasteiger partial charge in [-0.3, -0.25) is 4.79 Å². The van der Waals surface area contributed by atoms with Gasteiger partial charge in [-0.1, -0.05) is 54.6 Å². The molecule has 13 heavy (non-hydrogen) atoms. The molecule has 0 aliphatic heterocycles. The maximum Gasteiger partial charge on any atom is 0.173 e. The van der Waals surface area contributed by atoms with Crippen LogP contribution in [0.15, 0.2) is 54.6 Å². The fourth-order valence-electron chi connectivity index (χ4n) is 1.40. The first-order valence-electron chi connectivity index (χ1n) is 4.32. The van der Waals surface area contributed by atoms with Crippen molar-refractivity contribution in [3.05, 3.63) is 60.2 Å². The van der Waals surface area contributed by atoms with Crippen LogP contribution >= 0.6 is 0 Å².